The van der Waals surface area contributed by atoms with Crippen LogP contribution in [0.5, 0.6) is 0 Å². The van der Waals surface area contributed by atoms with Gasteiger partial charge in [0, 0.05) is 11.8 Å². The highest BCUT2D eigenvalue weighted by Gasteiger charge is 2.13. The lowest BCUT2D eigenvalue weighted by Crippen LogP contribution is -3.11. The third kappa shape index (κ3) is 3.92. The molecule has 2 aromatic rings. The molecule has 5 nitrogen and oxygen atoms in total. The van der Waals surface area contributed by atoms with Gasteiger partial charge in [-0.15, -0.1) is 0 Å². The Bertz CT molecular complexity index is 582. The number of nitrogens with one attached hydrogen (secondary N) is 1. The lowest BCUT2D eigenvalue weighted by atomic mass is 10.2. The lowest BCUT2D eigenvalue weighted by Gasteiger charge is -2.27. The first kappa shape index (κ1) is 13.8. The second kappa shape index (κ2) is 6.54. The molecule has 0 unspecified atom stereocenters. The third-order valence-corrected chi connectivity index (χ3v) is 3.80. The highest BCUT2D eigenvalue weighted by molar-refractivity contribution is 5.78. The molecule has 2 heterocycles. The standard InChI is InChI=1S/C16H21N5/c1-19-7-9-20(10-8-19)17-11-16-12-18-21(14-16)13-15-5-3-2-4-6-15/h2-6,11-12,14H,7-10,13H2,1H3/p+1/b17-11-. The summed E-state index contributed by atoms with van der Waals surface area (Å²) in [5.41, 5.74) is 2.31. The summed E-state index contributed by atoms with van der Waals surface area (Å²) in [6.07, 6.45) is 5.82. The Morgan fingerprint density at radius 3 is 2.76 bits per heavy atom. The number of nitrogens with zero attached hydrogens (tertiary/aromatic N) is 4. The Labute approximate surface area is 125 Å². The highest BCUT2D eigenvalue weighted by atomic mass is 15.5. The Hall–Kier alpha value is -2.14. The summed E-state index contributed by atoms with van der Waals surface area (Å²) in [7, 11) is 2.23. The van der Waals surface area contributed by atoms with Gasteiger partial charge in [0.25, 0.3) is 0 Å². The largest absolute Gasteiger partial charge is 0.334 e. The maximum Gasteiger partial charge on any atom is 0.0964 e. The molecule has 110 valence electrons. The van der Waals surface area contributed by atoms with E-state index in [0.717, 1.165) is 38.3 Å². The zero-order valence-electron chi connectivity index (χ0n) is 12.4. The minimum atomic E-state index is 0.798. The van der Waals surface area contributed by atoms with E-state index in [2.05, 4.69) is 46.5 Å². The molecule has 1 saturated heterocycles. The number of quaternary nitrogens is 1. The van der Waals surface area contributed by atoms with E-state index < -0.39 is 0 Å². The molecule has 1 aliphatic rings. The maximum atomic E-state index is 4.55. The predicted octanol–water partition coefficient (Wildman–Crippen LogP) is 0.0956. The average molecular weight is 284 g/mol. The number of piperazine rings is 1. The van der Waals surface area contributed by atoms with Crippen LogP contribution >= 0.6 is 0 Å². The fourth-order valence-electron chi connectivity index (χ4n) is 2.44. The normalized spacial score (nSPS) is 16.7. The Morgan fingerprint density at radius 2 is 2.00 bits per heavy atom. The van der Waals surface area contributed by atoms with E-state index in [4.69, 9.17) is 0 Å². The maximum absolute atomic E-state index is 4.55. The van der Waals surface area contributed by atoms with Gasteiger partial charge in [-0.2, -0.15) is 10.2 Å². The second-order valence-electron chi connectivity index (χ2n) is 5.61. The van der Waals surface area contributed by atoms with Crippen molar-refractivity contribution in [3.8, 4) is 0 Å². The molecule has 21 heavy (non-hydrogen) atoms. The molecule has 1 aliphatic heterocycles. The molecule has 0 spiro atoms. The second-order valence-corrected chi connectivity index (χ2v) is 5.61. The minimum absolute atomic E-state index is 0.798. The van der Waals surface area contributed by atoms with Gasteiger partial charge in [0.2, 0.25) is 0 Å². The van der Waals surface area contributed by atoms with Crippen molar-refractivity contribution in [1.82, 2.24) is 14.8 Å². The molecule has 1 aromatic carbocycles. The van der Waals surface area contributed by atoms with Crippen LogP contribution in [0.3, 0.4) is 0 Å². The van der Waals surface area contributed by atoms with Crippen LogP contribution in [0.2, 0.25) is 0 Å². The zero-order chi connectivity index (χ0) is 14.5. The van der Waals surface area contributed by atoms with Crippen molar-refractivity contribution in [2.24, 2.45) is 5.10 Å². The zero-order valence-corrected chi connectivity index (χ0v) is 12.4. The van der Waals surface area contributed by atoms with Gasteiger partial charge in [0.1, 0.15) is 0 Å². The number of aromatic nitrogens is 2. The van der Waals surface area contributed by atoms with Gasteiger partial charge in [-0.1, -0.05) is 30.3 Å². The van der Waals surface area contributed by atoms with Gasteiger partial charge < -0.3 is 4.90 Å². The summed E-state index contributed by atoms with van der Waals surface area (Å²) in [5.74, 6) is 0. The van der Waals surface area contributed by atoms with Gasteiger partial charge in [0.05, 0.1) is 52.2 Å². The van der Waals surface area contributed by atoms with Crippen LogP contribution in [-0.4, -0.2) is 54.2 Å². The number of hydrogen-bond donors (Lipinski definition) is 1. The molecule has 0 aliphatic carbocycles. The summed E-state index contributed by atoms with van der Waals surface area (Å²) >= 11 is 0. The number of likely N-dealkylation sites (N-methyl/N-ethyl adjacent to an activating group) is 1. The van der Waals surface area contributed by atoms with E-state index in [9.17, 15) is 0 Å². The molecule has 3 rings (SSSR count). The monoisotopic (exact) mass is 284 g/mol. The molecule has 1 aromatic heterocycles. The number of benzene rings is 1. The highest BCUT2D eigenvalue weighted by Crippen LogP contribution is 2.03. The molecular formula is C16H22N5+. The Balaban J connectivity index is 1.57. The summed E-state index contributed by atoms with van der Waals surface area (Å²) in [6.45, 7) is 5.17. The van der Waals surface area contributed by atoms with Gasteiger partial charge in [-0.3, -0.25) is 9.69 Å². The van der Waals surface area contributed by atoms with Crippen molar-refractivity contribution < 1.29 is 4.90 Å². The van der Waals surface area contributed by atoms with Crippen LogP contribution < -0.4 is 4.90 Å². The molecule has 5 heteroatoms. The van der Waals surface area contributed by atoms with Gasteiger partial charge >= 0.3 is 0 Å². The summed E-state index contributed by atoms with van der Waals surface area (Å²) in [4.78, 5) is 1.58. The predicted molar refractivity (Wildman–Crippen MR) is 83.6 cm³/mol. The molecule has 0 radical (unpaired) electrons. The number of hydrazone groups is 1. The van der Waals surface area contributed by atoms with Crippen LogP contribution in [0.25, 0.3) is 0 Å². The average Bonchev–Trinajstić information content (AvgIpc) is 2.95. The first-order valence-electron chi connectivity index (χ1n) is 7.46. The van der Waals surface area contributed by atoms with Crippen molar-refractivity contribution in [3.05, 3.63) is 53.9 Å². The molecular weight excluding hydrogens is 262 g/mol. The molecule has 0 bridgehead atoms. The fraction of sp³-hybridized carbons (Fsp3) is 0.375. The molecule has 1 N–H and O–H groups in total. The topological polar surface area (TPSA) is 37.9 Å². The first-order valence-corrected chi connectivity index (χ1v) is 7.46. The van der Waals surface area contributed by atoms with Crippen LogP contribution in [0.1, 0.15) is 11.1 Å². The van der Waals surface area contributed by atoms with Gasteiger partial charge in [0.15, 0.2) is 0 Å². The smallest absolute Gasteiger partial charge is 0.0964 e. The fourth-order valence-corrected chi connectivity index (χ4v) is 2.44. The number of hydrogen-bond acceptors (Lipinski definition) is 3. The minimum Gasteiger partial charge on any atom is -0.334 e. The SMILES string of the molecule is C[NH+]1CCN(/N=C\c2cnn(Cc3ccccc3)c2)CC1. The molecule has 0 atom stereocenters. The quantitative estimate of drug-likeness (QED) is 0.809. The van der Waals surface area contributed by atoms with Crippen molar-refractivity contribution in [1.29, 1.82) is 0 Å². The van der Waals surface area contributed by atoms with E-state index in [0.29, 0.717) is 0 Å². The lowest BCUT2D eigenvalue weighted by molar-refractivity contribution is -0.884. The first-order chi connectivity index (χ1) is 10.3. The summed E-state index contributed by atoms with van der Waals surface area (Å²) < 4.78 is 1.95. The van der Waals surface area contributed by atoms with Gasteiger partial charge in [-0.25, -0.2) is 0 Å². The van der Waals surface area contributed by atoms with Crippen molar-refractivity contribution in [2.45, 2.75) is 6.54 Å². The van der Waals surface area contributed by atoms with E-state index in [1.165, 1.54) is 5.56 Å². The van der Waals surface area contributed by atoms with Crippen molar-refractivity contribution in [2.75, 3.05) is 33.2 Å². The molecule has 1 fully saturated rings. The van der Waals surface area contributed by atoms with E-state index >= 15 is 0 Å². The van der Waals surface area contributed by atoms with Crippen molar-refractivity contribution in [3.63, 3.8) is 0 Å². The van der Waals surface area contributed by atoms with E-state index in [-0.39, 0.29) is 0 Å². The van der Waals surface area contributed by atoms with Crippen LogP contribution in [0, 0.1) is 0 Å². The Kier molecular flexibility index (Phi) is 4.31. The van der Waals surface area contributed by atoms with Crippen molar-refractivity contribution >= 4 is 6.21 Å². The van der Waals surface area contributed by atoms with Crippen LogP contribution in [-0.2, 0) is 6.54 Å². The number of rotatable bonds is 4. The van der Waals surface area contributed by atoms with E-state index in [1.807, 2.05) is 29.4 Å². The van der Waals surface area contributed by atoms with E-state index in [1.54, 1.807) is 4.90 Å². The molecule has 0 amide bonds. The summed E-state index contributed by atoms with van der Waals surface area (Å²) in [6, 6.07) is 10.4. The third-order valence-electron chi connectivity index (χ3n) is 3.80. The van der Waals surface area contributed by atoms with Crippen LogP contribution in [0.4, 0.5) is 0 Å². The van der Waals surface area contributed by atoms with Crippen LogP contribution in [0.15, 0.2) is 47.8 Å². The Morgan fingerprint density at radius 1 is 1.24 bits per heavy atom. The molecule has 0 saturated carbocycles. The summed E-state index contributed by atoms with van der Waals surface area (Å²) in [5, 5.41) is 11.1. The van der Waals surface area contributed by atoms with Gasteiger partial charge in [-0.05, 0) is 5.56 Å².